The van der Waals surface area contributed by atoms with Gasteiger partial charge in [0.2, 0.25) is 5.95 Å². The molecule has 8 nitrogen and oxygen atoms in total. The Bertz CT molecular complexity index is 1360. The van der Waals surface area contributed by atoms with E-state index < -0.39 is 23.4 Å². The van der Waals surface area contributed by atoms with Gasteiger partial charge in [0.15, 0.2) is 0 Å². The van der Waals surface area contributed by atoms with Gasteiger partial charge in [-0.2, -0.15) is 13.2 Å². The fourth-order valence-electron chi connectivity index (χ4n) is 5.73. The van der Waals surface area contributed by atoms with Gasteiger partial charge in [-0.25, -0.2) is 14.8 Å². The van der Waals surface area contributed by atoms with E-state index in [-0.39, 0.29) is 29.7 Å². The van der Waals surface area contributed by atoms with Crippen molar-refractivity contribution >= 4 is 22.9 Å². The van der Waals surface area contributed by atoms with E-state index in [9.17, 15) is 23.1 Å². The molecular weight excluding hydrogens is 523 g/mol. The fraction of sp³-hybridized carbons (Fsp3) is 0.552. The Morgan fingerprint density at radius 2 is 1.90 bits per heavy atom. The van der Waals surface area contributed by atoms with Crippen LogP contribution in [0.5, 0.6) is 0 Å². The van der Waals surface area contributed by atoms with Gasteiger partial charge < -0.3 is 25.0 Å². The zero-order valence-electron chi connectivity index (χ0n) is 23.0. The first-order chi connectivity index (χ1) is 18.9. The number of benzene rings is 1. The van der Waals surface area contributed by atoms with Crippen molar-refractivity contribution in [3.63, 3.8) is 0 Å². The molecular formula is C29H36F3N5O3. The molecule has 1 aliphatic carbocycles. The van der Waals surface area contributed by atoms with Crippen LogP contribution in [0.2, 0.25) is 0 Å². The summed E-state index contributed by atoms with van der Waals surface area (Å²) >= 11 is 0. The highest BCUT2D eigenvalue weighted by Crippen LogP contribution is 2.42. The smallest absolute Gasteiger partial charge is 0.419 e. The second-order valence-electron chi connectivity index (χ2n) is 11.8. The predicted molar refractivity (Wildman–Crippen MR) is 146 cm³/mol. The molecule has 1 atom stereocenters. The number of carbonyl (C=O) groups excluding carboxylic acids is 1. The maximum atomic E-state index is 14.1. The van der Waals surface area contributed by atoms with Gasteiger partial charge in [-0.15, -0.1) is 0 Å². The lowest BCUT2D eigenvalue weighted by atomic mass is 9.82. The molecule has 40 heavy (non-hydrogen) atoms. The van der Waals surface area contributed by atoms with E-state index in [1.165, 1.54) is 0 Å². The number of halogens is 3. The van der Waals surface area contributed by atoms with Crippen molar-refractivity contribution in [1.82, 2.24) is 19.9 Å². The zero-order valence-corrected chi connectivity index (χ0v) is 23.0. The fourth-order valence-corrected chi connectivity index (χ4v) is 5.73. The summed E-state index contributed by atoms with van der Waals surface area (Å²) < 4.78 is 47.8. The maximum Gasteiger partial charge on any atom is 0.419 e. The van der Waals surface area contributed by atoms with Gasteiger partial charge in [0.1, 0.15) is 11.2 Å². The topological polar surface area (TPSA) is 103 Å². The third-order valence-electron chi connectivity index (χ3n) is 7.64. The number of para-hydroxylation sites is 1. The van der Waals surface area contributed by atoms with Crippen molar-refractivity contribution in [1.29, 1.82) is 0 Å². The number of nitrogens with one attached hydrogen (secondary N) is 2. The molecule has 2 fully saturated rings. The standard InChI is InChI=1S/C29H36F3N5O3/c1-28(2,3)40-27(39)37-13-5-6-18(16-37)35-26-34-15-23(29(30,31)32)25(36-26)22-14-33-24-20(7-4-8-21(22)24)17-9-11-19(38)12-10-17/h4,7-8,14-15,17-19,33,38H,5-6,9-13,16H2,1-3H3,(H,34,35,36)/t17?,18-,19?/m0/s1. The van der Waals surface area contributed by atoms with Crippen LogP contribution in [0, 0.1) is 0 Å². The van der Waals surface area contributed by atoms with Crippen LogP contribution < -0.4 is 5.32 Å². The van der Waals surface area contributed by atoms with Crippen LogP contribution in [-0.4, -0.2) is 61.9 Å². The highest BCUT2D eigenvalue weighted by Gasteiger charge is 2.37. The Labute approximate surface area is 231 Å². The number of aromatic amines is 1. The summed E-state index contributed by atoms with van der Waals surface area (Å²) in [6, 6.07) is 5.43. The van der Waals surface area contributed by atoms with E-state index in [0.717, 1.165) is 30.1 Å². The Hall–Kier alpha value is -3.34. The summed E-state index contributed by atoms with van der Waals surface area (Å²) in [5.74, 6) is 0.299. The summed E-state index contributed by atoms with van der Waals surface area (Å²) in [5.41, 5.74) is 0.447. The minimum absolute atomic E-state index is 0.0748. The van der Waals surface area contributed by atoms with Crippen molar-refractivity contribution in [3.05, 3.63) is 41.7 Å². The summed E-state index contributed by atoms with van der Waals surface area (Å²) in [4.78, 5) is 25.8. The molecule has 11 heteroatoms. The van der Waals surface area contributed by atoms with Crippen molar-refractivity contribution in [2.75, 3.05) is 18.4 Å². The minimum atomic E-state index is -4.65. The van der Waals surface area contributed by atoms with Gasteiger partial charge in [0.05, 0.1) is 11.8 Å². The number of H-pyrrole nitrogens is 1. The van der Waals surface area contributed by atoms with Crippen LogP contribution in [0.4, 0.5) is 23.9 Å². The van der Waals surface area contributed by atoms with Gasteiger partial charge in [0, 0.05) is 48.0 Å². The van der Waals surface area contributed by atoms with Gasteiger partial charge >= 0.3 is 12.3 Å². The monoisotopic (exact) mass is 559 g/mol. The molecule has 0 unspecified atom stereocenters. The normalized spacial score (nSPS) is 22.4. The van der Waals surface area contributed by atoms with Crippen LogP contribution in [0.25, 0.3) is 22.2 Å². The Morgan fingerprint density at radius 3 is 2.60 bits per heavy atom. The molecule has 3 heterocycles. The highest BCUT2D eigenvalue weighted by molar-refractivity contribution is 5.97. The number of anilines is 1. The Balaban J connectivity index is 1.44. The number of aromatic nitrogens is 3. The molecule has 0 bridgehead atoms. The van der Waals surface area contributed by atoms with Gasteiger partial charge in [0.25, 0.3) is 0 Å². The molecule has 0 radical (unpaired) electrons. The molecule has 3 aromatic rings. The first kappa shape index (κ1) is 28.2. The lowest BCUT2D eigenvalue weighted by Crippen LogP contribution is -2.47. The lowest BCUT2D eigenvalue weighted by Gasteiger charge is -2.34. The summed E-state index contributed by atoms with van der Waals surface area (Å²) in [6.45, 7) is 6.28. The second kappa shape index (κ2) is 10.9. The number of piperidine rings is 1. The number of rotatable bonds is 4. The number of likely N-dealkylation sites (tertiary alicyclic amines) is 1. The maximum absolute atomic E-state index is 14.1. The van der Waals surface area contributed by atoms with E-state index in [1.54, 1.807) is 37.9 Å². The third kappa shape index (κ3) is 6.19. The number of amides is 1. The molecule has 2 aliphatic rings. The molecule has 216 valence electrons. The van der Waals surface area contributed by atoms with Crippen LogP contribution in [-0.2, 0) is 10.9 Å². The van der Waals surface area contributed by atoms with Crippen molar-refractivity contribution in [3.8, 4) is 11.3 Å². The number of fused-ring (bicyclic) bond motifs is 1. The minimum Gasteiger partial charge on any atom is -0.444 e. The number of carbonyl (C=O) groups is 1. The van der Waals surface area contributed by atoms with E-state index in [0.29, 0.717) is 49.7 Å². The number of hydrogen-bond donors (Lipinski definition) is 3. The molecule has 1 aliphatic heterocycles. The zero-order chi connectivity index (χ0) is 28.7. The summed E-state index contributed by atoms with van der Waals surface area (Å²) in [6.07, 6.45) is 1.54. The molecule has 1 amide bonds. The average Bonchev–Trinajstić information content (AvgIpc) is 3.32. The van der Waals surface area contributed by atoms with E-state index in [1.807, 2.05) is 12.1 Å². The molecule has 1 aromatic carbocycles. The quantitative estimate of drug-likeness (QED) is 0.338. The van der Waals surface area contributed by atoms with E-state index >= 15 is 0 Å². The number of hydrogen-bond acceptors (Lipinski definition) is 6. The molecule has 1 saturated heterocycles. The largest absolute Gasteiger partial charge is 0.444 e. The SMILES string of the molecule is CC(C)(C)OC(=O)N1CCC[C@H](Nc2ncc(C(F)(F)F)c(-c3c[nH]c4c(C5CCC(O)CC5)cccc34)n2)C1. The number of ether oxygens (including phenoxy) is 1. The van der Waals surface area contributed by atoms with Crippen LogP contribution in [0.1, 0.15) is 76.3 Å². The summed E-state index contributed by atoms with van der Waals surface area (Å²) in [5, 5.41) is 13.7. The van der Waals surface area contributed by atoms with Crippen LogP contribution >= 0.6 is 0 Å². The molecule has 5 rings (SSSR count). The number of alkyl halides is 3. The number of nitrogens with zero attached hydrogens (tertiary/aromatic N) is 3. The van der Waals surface area contributed by atoms with Gasteiger partial charge in [-0.05, 0) is 70.8 Å². The number of aliphatic hydroxyl groups excluding tert-OH is 1. The molecule has 0 spiro atoms. The highest BCUT2D eigenvalue weighted by atomic mass is 19.4. The average molecular weight is 560 g/mol. The molecule has 3 N–H and O–H groups in total. The van der Waals surface area contributed by atoms with Crippen LogP contribution in [0.15, 0.2) is 30.6 Å². The van der Waals surface area contributed by atoms with E-state index in [4.69, 9.17) is 4.74 Å². The van der Waals surface area contributed by atoms with Gasteiger partial charge in [-0.1, -0.05) is 18.2 Å². The van der Waals surface area contributed by atoms with Crippen molar-refractivity contribution in [2.45, 2.75) is 89.1 Å². The first-order valence-electron chi connectivity index (χ1n) is 13.9. The van der Waals surface area contributed by atoms with Crippen molar-refractivity contribution in [2.24, 2.45) is 0 Å². The van der Waals surface area contributed by atoms with Gasteiger partial charge in [-0.3, -0.25) is 0 Å². The predicted octanol–water partition coefficient (Wildman–Crippen LogP) is 6.47. The number of aliphatic hydroxyl groups is 1. The molecule has 2 aromatic heterocycles. The summed E-state index contributed by atoms with van der Waals surface area (Å²) in [7, 11) is 0. The van der Waals surface area contributed by atoms with Crippen molar-refractivity contribution < 1.29 is 27.8 Å². The lowest BCUT2D eigenvalue weighted by molar-refractivity contribution is -0.137. The second-order valence-corrected chi connectivity index (χ2v) is 11.8. The Morgan fingerprint density at radius 1 is 1.15 bits per heavy atom. The molecule has 1 saturated carbocycles. The first-order valence-corrected chi connectivity index (χ1v) is 13.9. The third-order valence-corrected chi connectivity index (χ3v) is 7.64. The Kier molecular flexibility index (Phi) is 7.69. The van der Waals surface area contributed by atoms with E-state index in [2.05, 4.69) is 20.3 Å². The van der Waals surface area contributed by atoms with Crippen LogP contribution in [0.3, 0.4) is 0 Å².